The molecule has 1 N–H and O–H groups in total. The van der Waals surface area contributed by atoms with Crippen LogP contribution in [-0.2, 0) is 24.8 Å². The van der Waals surface area contributed by atoms with E-state index in [9.17, 15) is 9.59 Å². The number of fused-ring (bicyclic) bond motifs is 1. The van der Waals surface area contributed by atoms with E-state index in [0.717, 1.165) is 84.9 Å². The largest absolute Gasteiger partial charge is 0.378 e. The SMILES string of the molecule is CCCCc1ccc2c(c1)CN(c1cccc(-c3cn(C)c(=O)c(Nc4ccc(N5CCOCC5)cc4)n3)c1C)C2=O. The molecule has 4 aromatic rings. The summed E-state index contributed by atoms with van der Waals surface area (Å²) < 4.78 is 7.01. The molecule has 3 heterocycles. The molecule has 1 aromatic heterocycles. The van der Waals surface area contributed by atoms with E-state index in [-0.39, 0.29) is 17.3 Å². The van der Waals surface area contributed by atoms with Crippen LogP contribution in [0.4, 0.5) is 22.9 Å². The number of carbonyl (C=O) groups is 1. The Balaban J connectivity index is 1.26. The molecule has 0 aliphatic carbocycles. The molecule has 8 nitrogen and oxygen atoms in total. The molecule has 6 rings (SSSR count). The summed E-state index contributed by atoms with van der Waals surface area (Å²) in [5.41, 5.74) is 8.16. The maximum atomic E-state index is 13.4. The van der Waals surface area contributed by atoms with Gasteiger partial charge in [0.15, 0.2) is 5.82 Å². The Bertz CT molecular complexity index is 1670. The number of ether oxygens (including phenoxy) is 1. The van der Waals surface area contributed by atoms with E-state index in [4.69, 9.17) is 9.72 Å². The number of anilines is 4. The summed E-state index contributed by atoms with van der Waals surface area (Å²) in [7, 11) is 1.73. The first kappa shape index (κ1) is 27.7. The van der Waals surface area contributed by atoms with Gasteiger partial charge in [-0.25, -0.2) is 4.98 Å². The van der Waals surface area contributed by atoms with Crippen molar-refractivity contribution >= 4 is 28.8 Å². The van der Waals surface area contributed by atoms with Gasteiger partial charge in [0.25, 0.3) is 11.5 Å². The highest BCUT2D eigenvalue weighted by Crippen LogP contribution is 2.35. The summed E-state index contributed by atoms with van der Waals surface area (Å²) in [5, 5.41) is 3.23. The molecule has 1 fully saturated rings. The molecule has 42 heavy (non-hydrogen) atoms. The first-order chi connectivity index (χ1) is 20.4. The Morgan fingerprint density at radius 3 is 2.52 bits per heavy atom. The molecule has 2 aliphatic rings. The number of hydrogen-bond donors (Lipinski definition) is 1. The molecule has 1 saturated heterocycles. The molecule has 0 unspecified atom stereocenters. The van der Waals surface area contributed by atoms with Crippen molar-refractivity contribution in [1.29, 1.82) is 0 Å². The summed E-state index contributed by atoms with van der Waals surface area (Å²) in [6, 6.07) is 20.2. The number of aryl methyl sites for hydroxylation is 2. The highest BCUT2D eigenvalue weighted by molar-refractivity contribution is 6.10. The van der Waals surface area contributed by atoms with Crippen molar-refractivity contribution in [1.82, 2.24) is 9.55 Å². The van der Waals surface area contributed by atoms with Crippen molar-refractivity contribution in [2.24, 2.45) is 7.05 Å². The van der Waals surface area contributed by atoms with Gasteiger partial charge < -0.3 is 24.4 Å². The van der Waals surface area contributed by atoms with Crippen LogP contribution in [0.3, 0.4) is 0 Å². The Morgan fingerprint density at radius 1 is 0.976 bits per heavy atom. The Labute approximate surface area is 246 Å². The third-order valence-electron chi connectivity index (χ3n) is 8.24. The Hall–Kier alpha value is -4.43. The predicted octanol–water partition coefficient (Wildman–Crippen LogP) is 5.84. The predicted molar refractivity (Wildman–Crippen MR) is 168 cm³/mol. The molecule has 1 amide bonds. The van der Waals surface area contributed by atoms with Crippen LogP contribution >= 0.6 is 0 Å². The lowest BCUT2D eigenvalue weighted by Gasteiger charge is -2.28. The number of hydrogen-bond acceptors (Lipinski definition) is 6. The Morgan fingerprint density at radius 2 is 1.76 bits per heavy atom. The summed E-state index contributed by atoms with van der Waals surface area (Å²) in [5.74, 6) is 0.270. The quantitative estimate of drug-likeness (QED) is 0.290. The summed E-state index contributed by atoms with van der Waals surface area (Å²) in [4.78, 5) is 35.4. The van der Waals surface area contributed by atoms with Crippen molar-refractivity contribution in [3.63, 3.8) is 0 Å². The van der Waals surface area contributed by atoms with E-state index in [1.54, 1.807) is 17.8 Å². The second-order valence-corrected chi connectivity index (χ2v) is 11.1. The molecule has 0 atom stereocenters. The van der Waals surface area contributed by atoms with Gasteiger partial charge in [0.05, 0.1) is 25.5 Å². The number of amides is 1. The topological polar surface area (TPSA) is 79.7 Å². The molecular weight excluding hydrogens is 526 g/mol. The van der Waals surface area contributed by atoms with Gasteiger partial charge in [-0.2, -0.15) is 0 Å². The second kappa shape index (κ2) is 11.8. The molecule has 0 spiro atoms. The van der Waals surface area contributed by atoms with Crippen molar-refractivity contribution in [2.75, 3.05) is 41.4 Å². The minimum Gasteiger partial charge on any atom is -0.378 e. The van der Waals surface area contributed by atoms with Crippen LogP contribution in [0, 0.1) is 6.92 Å². The number of carbonyl (C=O) groups excluding carboxylic acids is 1. The highest BCUT2D eigenvalue weighted by Gasteiger charge is 2.30. The maximum Gasteiger partial charge on any atom is 0.293 e. The van der Waals surface area contributed by atoms with Gasteiger partial charge in [-0.3, -0.25) is 9.59 Å². The van der Waals surface area contributed by atoms with Crippen LogP contribution in [0.25, 0.3) is 11.3 Å². The third-order valence-corrected chi connectivity index (χ3v) is 8.24. The van der Waals surface area contributed by atoms with Crippen LogP contribution in [-0.4, -0.2) is 41.8 Å². The normalized spacial score (nSPS) is 14.8. The molecule has 3 aromatic carbocycles. The van der Waals surface area contributed by atoms with Crippen LogP contribution in [0.15, 0.2) is 71.7 Å². The lowest BCUT2D eigenvalue weighted by atomic mass is 10.0. The van der Waals surface area contributed by atoms with E-state index < -0.39 is 0 Å². The van der Waals surface area contributed by atoms with Gasteiger partial charge in [-0.05, 0) is 72.9 Å². The molecule has 8 heteroatoms. The molecule has 0 radical (unpaired) electrons. The van der Waals surface area contributed by atoms with E-state index >= 15 is 0 Å². The van der Waals surface area contributed by atoms with Crippen LogP contribution in [0.1, 0.15) is 46.8 Å². The van der Waals surface area contributed by atoms with Gasteiger partial charge in [-0.15, -0.1) is 0 Å². The fourth-order valence-corrected chi connectivity index (χ4v) is 5.83. The molecule has 0 bridgehead atoms. The average molecular weight is 564 g/mol. The standard InChI is InChI=1S/C34H37N5O3/c1-4-5-7-24-10-15-29-25(20-24)21-39(33(29)40)31-9-6-8-28(23(31)2)30-22-37(3)34(41)32(36-30)35-26-11-13-27(14-12-26)38-16-18-42-19-17-38/h6,8-15,20,22H,4-5,7,16-19,21H2,1-3H3,(H,35,36). The van der Waals surface area contributed by atoms with Gasteiger partial charge >= 0.3 is 0 Å². The van der Waals surface area contributed by atoms with Gasteiger partial charge in [-0.1, -0.05) is 37.6 Å². The number of aromatic nitrogens is 2. The zero-order chi connectivity index (χ0) is 29.2. The third kappa shape index (κ3) is 5.42. The van der Waals surface area contributed by atoms with Crippen molar-refractivity contribution < 1.29 is 9.53 Å². The van der Waals surface area contributed by atoms with Crippen LogP contribution in [0.2, 0.25) is 0 Å². The minimum atomic E-state index is -0.214. The summed E-state index contributed by atoms with van der Waals surface area (Å²) >= 11 is 0. The average Bonchev–Trinajstić information content (AvgIpc) is 3.34. The Kier molecular flexibility index (Phi) is 7.80. The lowest BCUT2D eigenvalue weighted by Crippen LogP contribution is -2.36. The lowest BCUT2D eigenvalue weighted by molar-refractivity contribution is 0.0996. The summed E-state index contributed by atoms with van der Waals surface area (Å²) in [6.07, 6.45) is 5.06. The minimum absolute atomic E-state index is 0.0172. The first-order valence-electron chi connectivity index (χ1n) is 14.7. The van der Waals surface area contributed by atoms with E-state index in [2.05, 4.69) is 29.3 Å². The van der Waals surface area contributed by atoms with E-state index in [1.165, 1.54) is 5.56 Å². The molecule has 2 aliphatic heterocycles. The number of rotatable bonds is 8. The molecule has 0 saturated carbocycles. The van der Waals surface area contributed by atoms with Gasteiger partial charge in [0.1, 0.15) is 0 Å². The monoisotopic (exact) mass is 563 g/mol. The maximum absolute atomic E-state index is 13.4. The van der Waals surface area contributed by atoms with E-state index in [0.29, 0.717) is 12.2 Å². The number of nitrogens with one attached hydrogen (secondary N) is 1. The van der Waals surface area contributed by atoms with Crippen LogP contribution in [0.5, 0.6) is 0 Å². The fraction of sp³-hybridized carbons (Fsp3) is 0.324. The van der Waals surface area contributed by atoms with Crippen molar-refractivity contribution in [3.8, 4) is 11.3 Å². The summed E-state index contributed by atoms with van der Waals surface area (Å²) in [6.45, 7) is 7.94. The zero-order valence-corrected chi connectivity index (χ0v) is 24.5. The smallest absolute Gasteiger partial charge is 0.293 e. The van der Waals surface area contributed by atoms with Crippen molar-refractivity contribution in [3.05, 3.63) is 99.5 Å². The van der Waals surface area contributed by atoms with Crippen LogP contribution < -0.4 is 20.7 Å². The van der Waals surface area contributed by atoms with E-state index in [1.807, 2.05) is 60.4 Å². The van der Waals surface area contributed by atoms with Crippen molar-refractivity contribution in [2.45, 2.75) is 39.7 Å². The number of unbranched alkanes of at least 4 members (excludes halogenated alkanes) is 1. The number of benzene rings is 3. The second-order valence-electron chi connectivity index (χ2n) is 11.1. The van der Waals surface area contributed by atoms with Gasteiger partial charge in [0, 0.05) is 54.5 Å². The zero-order valence-electron chi connectivity index (χ0n) is 24.5. The van der Waals surface area contributed by atoms with Gasteiger partial charge in [0.2, 0.25) is 0 Å². The molecule has 216 valence electrons. The molecular formula is C34H37N5O3. The number of nitrogens with zero attached hydrogens (tertiary/aromatic N) is 4. The number of morpholine rings is 1. The fourth-order valence-electron chi connectivity index (χ4n) is 5.83. The highest BCUT2D eigenvalue weighted by atomic mass is 16.5. The first-order valence-corrected chi connectivity index (χ1v) is 14.7.